The summed E-state index contributed by atoms with van der Waals surface area (Å²) in [6.45, 7) is 2.11. The third-order valence-corrected chi connectivity index (χ3v) is 3.28. The predicted octanol–water partition coefficient (Wildman–Crippen LogP) is 1.51. The number of hydrogen-bond acceptors (Lipinski definition) is 2. The molecule has 0 radical (unpaired) electrons. The van der Waals surface area contributed by atoms with Crippen molar-refractivity contribution in [3.63, 3.8) is 0 Å². The quantitative estimate of drug-likeness (QED) is 0.795. The number of rotatable bonds is 2. The molecule has 2 atom stereocenters. The molecular weight excluding hydrogens is 202 g/mol. The van der Waals surface area contributed by atoms with E-state index in [1.165, 1.54) is 0 Å². The number of nitrogens with zero attached hydrogens (tertiary/aromatic N) is 1. The van der Waals surface area contributed by atoms with E-state index in [-0.39, 0.29) is 18.0 Å². The molecular formula is C12H19N3O. The molecule has 1 aromatic rings. The fraction of sp³-hybridized carbons (Fsp3) is 0.583. The first-order valence-electron chi connectivity index (χ1n) is 5.87. The summed E-state index contributed by atoms with van der Waals surface area (Å²) in [5, 5.41) is 3.10. The van der Waals surface area contributed by atoms with Crippen LogP contribution >= 0.6 is 0 Å². The molecule has 2 heterocycles. The number of aromatic nitrogens is 1. The third kappa shape index (κ3) is 1.97. The number of carbonyl (C=O) groups is 1. The molecule has 4 heteroatoms. The standard InChI is InChI=1S/C12H19N3O/c1-9-5-3-6-10(13-2)12(16)15(9)11-7-4-8-14-11/h4,7-10,13-14H,3,5-6H2,1-2H3. The van der Waals surface area contributed by atoms with Crippen LogP contribution < -0.4 is 10.2 Å². The normalized spacial score (nSPS) is 26.9. The van der Waals surface area contributed by atoms with Crippen molar-refractivity contribution < 1.29 is 4.79 Å². The molecule has 0 aromatic carbocycles. The number of anilines is 1. The van der Waals surface area contributed by atoms with E-state index in [9.17, 15) is 4.79 Å². The summed E-state index contributed by atoms with van der Waals surface area (Å²) in [6, 6.07) is 4.10. The van der Waals surface area contributed by atoms with Crippen molar-refractivity contribution in [1.29, 1.82) is 0 Å². The Morgan fingerprint density at radius 3 is 2.94 bits per heavy atom. The van der Waals surface area contributed by atoms with Crippen LogP contribution in [0.1, 0.15) is 26.2 Å². The molecule has 1 aromatic heterocycles. The van der Waals surface area contributed by atoms with Crippen molar-refractivity contribution >= 4 is 11.7 Å². The van der Waals surface area contributed by atoms with Crippen LogP contribution in [0, 0.1) is 0 Å². The zero-order valence-electron chi connectivity index (χ0n) is 9.86. The molecule has 1 fully saturated rings. The van der Waals surface area contributed by atoms with Crippen LogP contribution in [0.25, 0.3) is 0 Å². The van der Waals surface area contributed by atoms with Crippen LogP contribution in [-0.2, 0) is 4.79 Å². The highest BCUT2D eigenvalue weighted by molar-refractivity contribution is 5.97. The molecule has 1 saturated heterocycles. The second kappa shape index (κ2) is 4.70. The summed E-state index contributed by atoms with van der Waals surface area (Å²) in [4.78, 5) is 17.3. The number of nitrogens with one attached hydrogen (secondary N) is 2. The highest BCUT2D eigenvalue weighted by Gasteiger charge is 2.31. The van der Waals surface area contributed by atoms with Crippen LogP contribution in [0.4, 0.5) is 5.82 Å². The van der Waals surface area contributed by atoms with Gasteiger partial charge in [0.2, 0.25) is 5.91 Å². The van der Waals surface area contributed by atoms with E-state index in [2.05, 4.69) is 17.2 Å². The van der Waals surface area contributed by atoms with Crippen LogP contribution in [0.2, 0.25) is 0 Å². The summed E-state index contributed by atoms with van der Waals surface area (Å²) in [7, 11) is 1.85. The Balaban J connectivity index is 2.27. The highest BCUT2D eigenvalue weighted by Crippen LogP contribution is 2.23. The second-order valence-electron chi connectivity index (χ2n) is 4.38. The molecule has 0 spiro atoms. The average Bonchev–Trinajstić information content (AvgIpc) is 2.73. The van der Waals surface area contributed by atoms with Gasteiger partial charge in [0.05, 0.1) is 6.04 Å². The largest absolute Gasteiger partial charge is 0.348 e. The van der Waals surface area contributed by atoms with Crippen LogP contribution in [0.5, 0.6) is 0 Å². The number of likely N-dealkylation sites (N-methyl/N-ethyl adjacent to an activating group) is 1. The monoisotopic (exact) mass is 221 g/mol. The number of H-pyrrole nitrogens is 1. The van der Waals surface area contributed by atoms with Gasteiger partial charge in [-0.25, -0.2) is 0 Å². The summed E-state index contributed by atoms with van der Waals surface area (Å²) >= 11 is 0. The number of amides is 1. The molecule has 2 rings (SSSR count). The molecule has 0 bridgehead atoms. The van der Waals surface area contributed by atoms with Gasteiger partial charge in [0, 0.05) is 12.2 Å². The maximum Gasteiger partial charge on any atom is 0.245 e. The van der Waals surface area contributed by atoms with Gasteiger partial charge in [-0.05, 0) is 45.4 Å². The Bertz CT molecular complexity index is 347. The Hall–Kier alpha value is -1.29. The zero-order valence-corrected chi connectivity index (χ0v) is 9.86. The van der Waals surface area contributed by atoms with Crippen molar-refractivity contribution in [2.75, 3.05) is 11.9 Å². The van der Waals surface area contributed by atoms with Gasteiger partial charge in [0.1, 0.15) is 5.82 Å². The van der Waals surface area contributed by atoms with Gasteiger partial charge in [-0.3, -0.25) is 9.69 Å². The molecule has 1 aliphatic heterocycles. The van der Waals surface area contributed by atoms with Gasteiger partial charge in [-0.1, -0.05) is 0 Å². The molecule has 2 unspecified atom stereocenters. The summed E-state index contributed by atoms with van der Waals surface area (Å²) in [5.74, 6) is 1.08. The van der Waals surface area contributed by atoms with Gasteiger partial charge < -0.3 is 10.3 Å². The van der Waals surface area contributed by atoms with Crippen molar-refractivity contribution in [3.8, 4) is 0 Å². The Labute approximate surface area is 96.0 Å². The maximum absolute atomic E-state index is 12.3. The van der Waals surface area contributed by atoms with E-state index in [4.69, 9.17) is 0 Å². The number of hydrogen-bond donors (Lipinski definition) is 2. The summed E-state index contributed by atoms with van der Waals surface area (Å²) in [6.07, 6.45) is 4.93. The molecule has 0 saturated carbocycles. The lowest BCUT2D eigenvalue weighted by atomic mass is 10.1. The minimum Gasteiger partial charge on any atom is -0.348 e. The van der Waals surface area contributed by atoms with E-state index >= 15 is 0 Å². The second-order valence-corrected chi connectivity index (χ2v) is 4.38. The van der Waals surface area contributed by atoms with Crippen molar-refractivity contribution in [1.82, 2.24) is 10.3 Å². The lowest BCUT2D eigenvalue weighted by Gasteiger charge is -2.28. The minimum atomic E-state index is -0.0479. The van der Waals surface area contributed by atoms with Crippen molar-refractivity contribution in [3.05, 3.63) is 18.3 Å². The fourth-order valence-electron chi connectivity index (χ4n) is 2.35. The molecule has 88 valence electrons. The van der Waals surface area contributed by atoms with Crippen molar-refractivity contribution in [2.24, 2.45) is 0 Å². The molecule has 4 nitrogen and oxygen atoms in total. The topological polar surface area (TPSA) is 48.1 Å². The number of carbonyl (C=O) groups excluding carboxylic acids is 1. The van der Waals surface area contributed by atoms with Crippen LogP contribution in [0.3, 0.4) is 0 Å². The molecule has 2 N–H and O–H groups in total. The Morgan fingerprint density at radius 2 is 2.31 bits per heavy atom. The predicted molar refractivity (Wildman–Crippen MR) is 64.4 cm³/mol. The lowest BCUT2D eigenvalue weighted by Crippen LogP contribution is -2.47. The Morgan fingerprint density at radius 1 is 1.50 bits per heavy atom. The van der Waals surface area contributed by atoms with Gasteiger partial charge in [-0.15, -0.1) is 0 Å². The number of aromatic amines is 1. The lowest BCUT2D eigenvalue weighted by molar-refractivity contribution is -0.120. The highest BCUT2D eigenvalue weighted by atomic mass is 16.2. The minimum absolute atomic E-state index is 0.0479. The zero-order chi connectivity index (χ0) is 11.5. The summed E-state index contributed by atoms with van der Waals surface area (Å²) < 4.78 is 0. The summed E-state index contributed by atoms with van der Waals surface area (Å²) in [5.41, 5.74) is 0. The fourth-order valence-corrected chi connectivity index (χ4v) is 2.35. The first-order valence-corrected chi connectivity index (χ1v) is 5.87. The van der Waals surface area contributed by atoms with Crippen molar-refractivity contribution in [2.45, 2.75) is 38.3 Å². The first kappa shape index (κ1) is 11.2. The molecule has 1 aliphatic rings. The smallest absolute Gasteiger partial charge is 0.245 e. The first-order chi connectivity index (χ1) is 7.74. The molecule has 0 aliphatic carbocycles. The third-order valence-electron chi connectivity index (χ3n) is 3.28. The van der Waals surface area contributed by atoms with E-state index < -0.39 is 0 Å². The van der Waals surface area contributed by atoms with Crippen LogP contribution in [-0.4, -0.2) is 30.0 Å². The van der Waals surface area contributed by atoms with Crippen LogP contribution in [0.15, 0.2) is 18.3 Å². The van der Waals surface area contributed by atoms with Gasteiger partial charge in [0.25, 0.3) is 0 Å². The molecule has 16 heavy (non-hydrogen) atoms. The van der Waals surface area contributed by atoms with Gasteiger partial charge >= 0.3 is 0 Å². The van der Waals surface area contributed by atoms with Gasteiger partial charge in [0.15, 0.2) is 0 Å². The SMILES string of the molecule is CNC1CCCC(C)N(c2ccc[nH]2)C1=O. The average molecular weight is 221 g/mol. The Kier molecular flexibility index (Phi) is 3.29. The van der Waals surface area contributed by atoms with Gasteiger partial charge in [-0.2, -0.15) is 0 Å². The molecule has 1 amide bonds. The van der Waals surface area contributed by atoms with E-state index in [0.717, 1.165) is 25.1 Å². The van der Waals surface area contributed by atoms with E-state index in [1.54, 1.807) is 0 Å². The van der Waals surface area contributed by atoms with E-state index in [0.29, 0.717) is 0 Å². The van der Waals surface area contributed by atoms with E-state index in [1.807, 2.05) is 30.3 Å². The maximum atomic E-state index is 12.3.